The smallest absolute Gasteiger partial charge is 0.223 e. The van der Waals surface area contributed by atoms with Gasteiger partial charge in [0.1, 0.15) is 11.4 Å². The number of halogens is 1. The van der Waals surface area contributed by atoms with Crippen LogP contribution in [-0.2, 0) is 10.2 Å². The van der Waals surface area contributed by atoms with E-state index in [1.54, 1.807) is 7.11 Å². The topological polar surface area (TPSA) is 41.6 Å². The van der Waals surface area contributed by atoms with E-state index in [0.29, 0.717) is 13.0 Å². The number of methoxy groups -OCH3 is 1. The lowest BCUT2D eigenvalue weighted by Gasteiger charge is -2.49. The molecule has 0 aliphatic carbocycles. The van der Waals surface area contributed by atoms with Crippen LogP contribution in [0.5, 0.6) is 5.75 Å². The predicted molar refractivity (Wildman–Crippen MR) is 112 cm³/mol. The number of hydrogen-bond donors (Lipinski definition) is 1. The van der Waals surface area contributed by atoms with Crippen molar-refractivity contribution in [1.29, 1.82) is 0 Å². The van der Waals surface area contributed by atoms with E-state index in [4.69, 9.17) is 4.74 Å². The van der Waals surface area contributed by atoms with Crippen molar-refractivity contribution in [1.82, 2.24) is 5.32 Å². The van der Waals surface area contributed by atoms with Crippen LogP contribution in [0.1, 0.15) is 31.4 Å². The number of benzene rings is 2. The third kappa shape index (κ3) is 2.76. The normalized spacial score (nSPS) is 23.1. The van der Waals surface area contributed by atoms with E-state index in [1.165, 1.54) is 11.3 Å². The van der Waals surface area contributed by atoms with Crippen molar-refractivity contribution in [2.75, 3.05) is 18.6 Å². The molecule has 2 aromatic rings. The Balaban J connectivity index is 1.83. The lowest BCUT2D eigenvalue weighted by molar-refractivity contribution is -0.124. The summed E-state index contributed by atoms with van der Waals surface area (Å²) in [5.74, 6) is 0.901. The van der Waals surface area contributed by atoms with Gasteiger partial charge in [-0.3, -0.25) is 4.79 Å². The molecule has 0 spiro atoms. The monoisotopic (exact) mass is 426 g/mol. The van der Waals surface area contributed by atoms with E-state index >= 15 is 0 Å². The molecule has 1 atom stereocenters. The Bertz CT molecular complexity index is 938. The van der Waals surface area contributed by atoms with Gasteiger partial charge in [0.25, 0.3) is 0 Å². The van der Waals surface area contributed by atoms with E-state index < -0.39 is 5.66 Å². The number of carbonyl (C=O) groups excluding carboxylic acids is 1. The molecule has 1 N–H and O–H groups in total. The first-order chi connectivity index (χ1) is 12.9. The first kappa shape index (κ1) is 18.1. The van der Waals surface area contributed by atoms with Crippen molar-refractivity contribution in [2.45, 2.75) is 31.3 Å². The standard InChI is InChI=1S/C22H23BrN2O2/c1-21(2)18-14-16(23)7-8-19(18)25-12-10-20(26)24-22(21,25)11-9-15-5-4-6-17(13-15)27-3/h4-9,11,13-14H,10,12H2,1-3H3,(H,24,26)/t22-/m1/s1. The summed E-state index contributed by atoms with van der Waals surface area (Å²) in [4.78, 5) is 14.8. The molecule has 2 aromatic carbocycles. The van der Waals surface area contributed by atoms with Gasteiger partial charge in [-0.25, -0.2) is 0 Å². The lowest BCUT2D eigenvalue weighted by atomic mass is 9.74. The summed E-state index contributed by atoms with van der Waals surface area (Å²) in [6, 6.07) is 14.3. The number of nitrogens with zero attached hydrogens (tertiary/aromatic N) is 1. The molecule has 4 rings (SSSR count). The van der Waals surface area contributed by atoms with Gasteiger partial charge in [0.15, 0.2) is 0 Å². The predicted octanol–water partition coefficient (Wildman–Crippen LogP) is 4.48. The summed E-state index contributed by atoms with van der Waals surface area (Å²) in [6.45, 7) is 5.09. The quantitative estimate of drug-likeness (QED) is 0.785. The molecule has 0 aromatic heterocycles. The Morgan fingerprint density at radius 1 is 1.22 bits per heavy atom. The minimum absolute atomic E-state index is 0.0847. The van der Waals surface area contributed by atoms with Gasteiger partial charge in [-0.2, -0.15) is 0 Å². The summed E-state index contributed by atoms with van der Waals surface area (Å²) in [6.07, 6.45) is 4.71. The highest BCUT2D eigenvalue weighted by molar-refractivity contribution is 9.10. The van der Waals surface area contributed by atoms with Gasteiger partial charge in [0.2, 0.25) is 5.91 Å². The molecule has 27 heavy (non-hydrogen) atoms. The average Bonchev–Trinajstić information content (AvgIpc) is 2.84. The number of carbonyl (C=O) groups is 1. The molecule has 0 radical (unpaired) electrons. The van der Waals surface area contributed by atoms with Crippen LogP contribution in [0.25, 0.3) is 6.08 Å². The van der Waals surface area contributed by atoms with Gasteiger partial charge in [-0.05, 0) is 47.5 Å². The van der Waals surface area contributed by atoms with Crippen LogP contribution < -0.4 is 15.0 Å². The Labute approximate surface area is 168 Å². The number of ether oxygens (including phenoxy) is 1. The average molecular weight is 427 g/mol. The fourth-order valence-electron chi connectivity index (χ4n) is 4.29. The second kappa shape index (κ2) is 6.41. The fourth-order valence-corrected chi connectivity index (χ4v) is 4.65. The summed E-state index contributed by atoms with van der Waals surface area (Å²) in [7, 11) is 1.67. The summed E-state index contributed by atoms with van der Waals surface area (Å²) >= 11 is 3.60. The molecule has 0 bridgehead atoms. The number of amides is 1. The van der Waals surface area contributed by atoms with Crippen LogP contribution in [0.15, 0.2) is 53.0 Å². The maximum absolute atomic E-state index is 12.4. The fraction of sp³-hybridized carbons (Fsp3) is 0.318. The van der Waals surface area contributed by atoms with Gasteiger partial charge in [-0.1, -0.05) is 48.0 Å². The van der Waals surface area contributed by atoms with Crippen molar-refractivity contribution in [2.24, 2.45) is 0 Å². The Morgan fingerprint density at radius 2 is 2.04 bits per heavy atom. The highest BCUT2D eigenvalue weighted by Gasteiger charge is 2.57. The van der Waals surface area contributed by atoms with Crippen molar-refractivity contribution in [3.8, 4) is 5.75 Å². The maximum Gasteiger partial charge on any atom is 0.223 e. The highest BCUT2D eigenvalue weighted by Crippen LogP contribution is 2.53. The van der Waals surface area contributed by atoms with Gasteiger partial charge >= 0.3 is 0 Å². The Morgan fingerprint density at radius 3 is 2.81 bits per heavy atom. The first-order valence-corrected chi connectivity index (χ1v) is 9.89. The molecule has 1 fully saturated rings. The van der Waals surface area contributed by atoms with Crippen molar-refractivity contribution in [3.63, 3.8) is 0 Å². The second-order valence-electron chi connectivity index (χ2n) is 7.61. The molecule has 2 aliphatic heterocycles. The lowest BCUT2D eigenvalue weighted by Crippen LogP contribution is -2.68. The van der Waals surface area contributed by atoms with Crippen LogP contribution in [0.3, 0.4) is 0 Å². The zero-order valence-corrected chi connectivity index (χ0v) is 17.3. The second-order valence-corrected chi connectivity index (χ2v) is 8.53. The minimum Gasteiger partial charge on any atom is -0.497 e. The molecule has 5 heteroatoms. The van der Waals surface area contributed by atoms with Gasteiger partial charge in [0.05, 0.1) is 7.11 Å². The van der Waals surface area contributed by atoms with Crippen LogP contribution in [0.4, 0.5) is 5.69 Å². The molecule has 2 heterocycles. The van der Waals surface area contributed by atoms with Crippen molar-refractivity contribution < 1.29 is 9.53 Å². The molecule has 1 amide bonds. The van der Waals surface area contributed by atoms with E-state index in [1.807, 2.05) is 24.3 Å². The van der Waals surface area contributed by atoms with Crippen LogP contribution in [-0.4, -0.2) is 25.2 Å². The minimum atomic E-state index is -0.603. The van der Waals surface area contributed by atoms with E-state index in [0.717, 1.165) is 15.8 Å². The van der Waals surface area contributed by atoms with Crippen molar-refractivity contribution >= 4 is 33.6 Å². The number of anilines is 1. The number of rotatable bonds is 3. The van der Waals surface area contributed by atoms with E-state index in [2.05, 4.69) is 70.3 Å². The third-order valence-electron chi connectivity index (χ3n) is 5.80. The Kier molecular flexibility index (Phi) is 4.30. The maximum atomic E-state index is 12.4. The van der Waals surface area contributed by atoms with Crippen LogP contribution >= 0.6 is 15.9 Å². The third-order valence-corrected chi connectivity index (χ3v) is 6.30. The number of nitrogens with one attached hydrogen (secondary N) is 1. The molecule has 0 saturated carbocycles. The molecule has 2 aliphatic rings. The number of fused-ring (bicyclic) bond motifs is 3. The molecule has 4 nitrogen and oxygen atoms in total. The number of hydrogen-bond acceptors (Lipinski definition) is 3. The molecular weight excluding hydrogens is 404 g/mol. The van der Waals surface area contributed by atoms with Gasteiger partial charge in [0, 0.05) is 28.5 Å². The molecule has 0 unspecified atom stereocenters. The van der Waals surface area contributed by atoms with Crippen LogP contribution in [0.2, 0.25) is 0 Å². The highest BCUT2D eigenvalue weighted by atomic mass is 79.9. The summed E-state index contributed by atoms with van der Waals surface area (Å²) < 4.78 is 6.38. The van der Waals surface area contributed by atoms with Gasteiger partial charge < -0.3 is 15.0 Å². The van der Waals surface area contributed by atoms with Crippen LogP contribution in [0, 0.1) is 0 Å². The van der Waals surface area contributed by atoms with E-state index in [-0.39, 0.29) is 11.3 Å². The largest absolute Gasteiger partial charge is 0.497 e. The zero-order chi connectivity index (χ0) is 19.2. The summed E-state index contributed by atoms with van der Waals surface area (Å²) in [5.41, 5.74) is 2.55. The zero-order valence-electron chi connectivity index (χ0n) is 15.8. The Hall–Kier alpha value is -2.27. The van der Waals surface area contributed by atoms with Gasteiger partial charge in [-0.15, -0.1) is 0 Å². The molecular formula is C22H23BrN2O2. The summed E-state index contributed by atoms with van der Waals surface area (Å²) in [5, 5.41) is 3.30. The molecule has 1 saturated heterocycles. The SMILES string of the molecule is COc1cccc(C=C[C@@]23NC(=O)CCN2c2ccc(Br)cc2C3(C)C)c1. The van der Waals surface area contributed by atoms with Crippen molar-refractivity contribution in [3.05, 3.63) is 64.1 Å². The van der Waals surface area contributed by atoms with E-state index in [9.17, 15) is 4.79 Å². The molecule has 140 valence electrons. The first-order valence-electron chi connectivity index (χ1n) is 9.09.